The first-order chi connectivity index (χ1) is 11.7. The zero-order valence-electron chi connectivity index (χ0n) is 12.5. The monoisotopic (exact) mass is 390 g/mol. The maximum absolute atomic E-state index is 12.7. The van der Waals surface area contributed by atoms with E-state index in [1.165, 1.54) is 0 Å². The average molecular weight is 391 g/mol. The van der Waals surface area contributed by atoms with Crippen molar-refractivity contribution >= 4 is 46.4 Å². The van der Waals surface area contributed by atoms with Crippen LogP contribution in [0.1, 0.15) is 12.0 Å². The van der Waals surface area contributed by atoms with Crippen LogP contribution in [0.2, 0.25) is 10.0 Å². The normalized spacial score (nSPS) is 11.1. The SMILES string of the molecule is O=C(CC(=O)Nc1cc(C(F)(F)F)ccc1Cl)Nc1ccccc1Cl. The maximum atomic E-state index is 12.7. The Hall–Kier alpha value is -2.25. The topological polar surface area (TPSA) is 58.2 Å². The van der Waals surface area contributed by atoms with Crippen molar-refractivity contribution in [3.05, 3.63) is 58.1 Å². The fourth-order valence-corrected chi connectivity index (χ4v) is 2.24. The van der Waals surface area contributed by atoms with Gasteiger partial charge in [0, 0.05) is 0 Å². The number of para-hydroxylation sites is 1. The second-order valence-electron chi connectivity index (χ2n) is 4.95. The molecule has 0 fully saturated rings. The van der Waals surface area contributed by atoms with E-state index in [1.54, 1.807) is 24.3 Å². The molecule has 0 bridgehead atoms. The Morgan fingerprint density at radius 3 is 2.04 bits per heavy atom. The van der Waals surface area contributed by atoms with Crippen molar-refractivity contribution in [2.24, 2.45) is 0 Å². The van der Waals surface area contributed by atoms with Gasteiger partial charge in [-0.2, -0.15) is 13.2 Å². The predicted molar refractivity (Wildman–Crippen MR) is 89.8 cm³/mol. The Kier molecular flexibility index (Phi) is 5.92. The first-order valence-electron chi connectivity index (χ1n) is 6.88. The molecule has 0 saturated heterocycles. The van der Waals surface area contributed by atoms with Crippen molar-refractivity contribution in [1.29, 1.82) is 0 Å². The van der Waals surface area contributed by atoms with E-state index in [1.807, 2.05) is 0 Å². The van der Waals surface area contributed by atoms with Gasteiger partial charge in [0.05, 0.1) is 27.0 Å². The molecule has 0 aromatic heterocycles. The van der Waals surface area contributed by atoms with Crippen LogP contribution in [0.25, 0.3) is 0 Å². The summed E-state index contributed by atoms with van der Waals surface area (Å²) in [5.74, 6) is -1.49. The van der Waals surface area contributed by atoms with Gasteiger partial charge in [0.2, 0.25) is 11.8 Å². The number of halogens is 5. The Morgan fingerprint density at radius 1 is 0.880 bits per heavy atom. The van der Waals surface area contributed by atoms with Crippen molar-refractivity contribution in [1.82, 2.24) is 0 Å². The van der Waals surface area contributed by atoms with Crippen molar-refractivity contribution in [3.8, 4) is 0 Å². The summed E-state index contributed by atoms with van der Waals surface area (Å²) in [6.45, 7) is 0. The first kappa shape index (κ1) is 19.1. The molecule has 0 aliphatic carbocycles. The smallest absolute Gasteiger partial charge is 0.324 e. The summed E-state index contributed by atoms with van der Waals surface area (Å²) < 4.78 is 38.1. The molecule has 0 heterocycles. The van der Waals surface area contributed by atoms with Crippen LogP contribution in [-0.2, 0) is 15.8 Å². The van der Waals surface area contributed by atoms with Gasteiger partial charge in [-0.15, -0.1) is 0 Å². The molecule has 2 N–H and O–H groups in total. The van der Waals surface area contributed by atoms with Crippen LogP contribution in [0, 0.1) is 0 Å². The number of carbonyl (C=O) groups is 2. The van der Waals surface area contributed by atoms with Crippen molar-refractivity contribution in [2.75, 3.05) is 10.6 Å². The third-order valence-corrected chi connectivity index (χ3v) is 3.70. The van der Waals surface area contributed by atoms with Gasteiger partial charge < -0.3 is 10.6 Å². The van der Waals surface area contributed by atoms with E-state index in [-0.39, 0.29) is 15.7 Å². The van der Waals surface area contributed by atoms with Crippen molar-refractivity contribution in [3.63, 3.8) is 0 Å². The summed E-state index contributed by atoms with van der Waals surface area (Å²) in [6, 6.07) is 8.92. The van der Waals surface area contributed by atoms with E-state index in [4.69, 9.17) is 23.2 Å². The molecule has 9 heteroatoms. The molecule has 0 radical (unpaired) electrons. The zero-order valence-corrected chi connectivity index (χ0v) is 14.0. The van der Waals surface area contributed by atoms with Gasteiger partial charge in [-0.05, 0) is 30.3 Å². The number of hydrogen-bond donors (Lipinski definition) is 2. The van der Waals surface area contributed by atoms with Gasteiger partial charge in [0.25, 0.3) is 0 Å². The molecule has 132 valence electrons. The van der Waals surface area contributed by atoms with E-state index in [2.05, 4.69) is 10.6 Å². The lowest BCUT2D eigenvalue weighted by molar-refractivity contribution is -0.137. The Morgan fingerprint density at radius 2 is 1.44 bits per heavy atom. The second kappa shape index (κ2) is 7.76. The first-order valence-corrected chi connectivity index (χ1v) is 7.63. The summed E-state index contributed by atoms with van der Waals surface area (Å²) in [7, 11) is 0. The summed E-state index contributed by atoms with van der Waals surface area (Å²) in [6.07, 6.45) is -5.19. The minimum Gasteiger partial charge on any atom is -0.324 e. The average Bonchev–Trinajstić information content (AvgIpc) is 2.50. The van der Waals surface area contributed by atoms with Gasteiger partial charge >= 0.3 is 6.18 Å². The van der Waals surface area contributed by atoms with Gasteiger partial charge in [-0.1, -0.05) is 35.3 Å². The van der Waals surface area contributed by atoms with Crippen molar-refractivity contribution < 1.29 is 22.8 Å². The summed E-state index contributed by atoms with van der Waals surface area (Å²) in [5, 5.41) is 4.83. The fraction of sp³-hybridized carbons (Fsp3) is 0.125. The standard InChI is InChI=1S/C16H11Cl2F3N2O2/c17-10-3-1-2-4-12(10)22-14(24)8-15(25)23-13-7-9(16(19,20)21)5-6-11(13)18/h1-7H,8H2,(H,22,24)(H,23,25). The highest BCUT2D eigenvalue weighted by Gasteiger charge is 2.31. The quantitative estimate of drug-likeness (QED) is 0.723. The number of hydrogen-bond acceptors (Lipinski definition) is 2. The molecule has 4 nitrogen and oxygen atoms in total. The van der Waals surface area contributed by atoms with E-state index in [0.717, 1.165) is 12.1 Å². The Bertz CT molecular complexity index is 810. The van der Waals surface area contributed by atoms with Gasteiger partial charge in [-0.3, -0.25) is 9.59 Å². The number of alkyl halides is 3. The van der Waals surface area contributed by atoms with E-state index in [9.17, 15) is 22.8 Å². The van der Waals surface area contributed by atoms with E-state index in [0.29, 0.717) is 11.8 Å². The van der Waals surface area contributed by atoms with Crippen LogP contribution in [0.5, 0.6) is 0 Å². The number of carbonyl (C=O) groups excluding carboxylic acids is 2. The number of amides is 2. The number of benzene rings is 2. The number of anilines is 2. The van der Waals surface area contributed by atoms with E-state index < -0.39 is 30.0 Å². The molecule has 0 atom stereocenters. The minimum absolute atomic E-state index is 0.0761. The number of nitrogens with one attached hydrogen (secondary N) is 2. The molecule has 2 amide bonds. The second-order valence-corrected chi connectivity index (χ2v) is 5.76. The summed E-state index contributed by atoms with van der Waals surface area (Å²) in [5.41, 5.74) is -0.876. The lowest BCUT2D eigenvalue weighted by Crippen LogP contribution is -2.22. The molecule has 2 aromatic carbocycles. The van der Waals surface area contributed by atoms with Gasteiger partial charge in [0.1, 0.15) is 6.42 Å². The highest BCUT2D eigenvalue weighted by Crippen LogP contribution is 2.33. The molecule has 0 aliphatic rings. The molecule has 25 heavy (non-hydrogen) atoms. The third-order valence-electron chi connectivity index (χ3n) is 3.04. The van der Waals surface area contributed by atoms with Crippen LogP contribution >= 0.6 is 23.2 Å². The lowest BCUT2D eigenvalue weighted by atomic mass is 10.2. The molecule has 0 spiro atoms. The predicted octanol–water partition coefficient (Wildman–Crippen LogP) is 4.98. The molecular weight excluding hydrogens is 380 g/mol. The summed E-state index contributed by atoms with van der Waals surface area (Å²) >= 11 is 11.7. The zero-order chi connectivity index (χ0) is 18.6. The molecule has 0 aliphatic heterocycles. The van der Waals surface area contributed by atoms with Crippen LogP contribution in [0.15, 0.2) is 42.5 Å². The summed E-state index contributed by atoms with van der Waals surface area (Å²) in [4.78, 5) is 23.7. The number of rotatable bonds is 4. The minimum atomic E-state index is -4.58. The van der Waals surface area contributed by atoms with Crippen LogP contribution in [0.4, 0.5) is 24.5 Å². The van der Waals surface area contributed by atoms with Crippen LogP contribution in [0.3, 0.4) is 0 Å². The highest BCUT2D eigenvalue weighted by atomic mass is 35.5. The van der Waals surface area contributed by atoms with Gasteiger partial charge in [-0.25, -0.2) is 0 Å². The van der Waals surface area contributed by atoms with Crippen molar-refractivity contribution in [2.45, 2.75) is 12.6 Å². The third kappa shape index (κ3) is 5.37. The lowest BCUT2D eigenvalue weighted by Gasteiger charge is -2.12. The Labute approximate surface area is 150 Å². The largest absolute Gasteiger partial charge is 0.416 e. The molecule has 0 unspecified atom stereocenters. The maximum Gasteiger partial charge on any atom is 0.416 e. The highest BCUT2D eigenvalue weighted by molar-refractivity contribution is 6.34. The van der Waals surface area contributed by atoms with Crippen LogP contribution < -0.4 is 10.6 Å². The molecule has 2 rings (SSSR count). The Balaban J connectivity index is 2.03. The molecular formula is C16H11Cl2F3N2O2. The fourth-order valence-electron chi connectivity index (χ4n) is 1.89. The molecule has 0 saturated carbocycles. The molecule has 2 aromatic rings. The van der Waals surface area contributed by atoms with Crippen LogP contribution in [-0.4, -0.2) is 11.8 Å². The van der Waals surface area contributed by atoms with E-state index >= 15 is 0 Å². The van der Waals surface area contributed by atoms with Gasteiger partial charge in [0.15, 0.2) is 0 Å².